The molecule has 0 fully saturated rings. The molecule has 1 rings (SSSR count). The molecule has 0 aliphatic rings. The molecule has 1 aromatic rings. The maximum atomic E-state index is 11.9. The average Bonchev–Trinajstić information content (AvgIpc) is 2.21. The van der Waals surface area contributed by atoms with E-state index in [1.807, 2.05) is 0 Å². The average molecular weight is 240 g/mol. The van der Waals surface area contributed by atoms with Crippen LogP contribution in [0.1, 0.15) is 12.0 Å². The van der Waals surface area contributed by atoms with Gasteiger partial charge >= 0.3 is 6.36 Å². The molecule has 0 unspecified atom stereocenters. The summed E-state index contributed by atoms with van der Waals surface area (Å²) in [7, 11) is 0. The molecule has 0 amide bonds. The summed E-state index contributed by atoms with van der Waals surface area (Å²) < 4.78 is 39.6. The number of ether oxygens (including phenoxy) is 1. The highest BCUT2D eigenvalue weighted by Crippen LogP contribution is 2.25. The Kier molecular flexibility index (Phi) is 3.84. The third-order valence-electron chi connectivity index (χ3n) is 1.65. The molecule has 0 saturated heterocycles. The summed E-state index contributed by atoms with van der Waals surface area (Å²) >= 11 is 0. The largest absolute Gasteiger partial charge is 0.573 e. The van der Waals surface area contributed by atoms with Gasteiger partial charge < -0.3 is 10.5 Å². The van der Waals surface area contributed by atoms with Crippen LogP contribution in [-0.4, -0.2) is 6.36 Å². The van der Waals surface area contributed by atoms with Gasteiger partial charge in [0.05, 0.1) is 18.1 Å². The van der Waals surface area contributed by atoms with Gasteiger partial charge in [-0.25, -0.2) is 0 Å². The molecule has 0 bridgehead atoms. The van der Waals surface area contributed by atoms with Crippen LogP contribution in [-0.2, 0) is 0 Å². The maximum absolute atomic E-state index is 11.9. The van der Waals surface area contributed by atoms with Gasteiger partial charge in [0.15, 0.2) is 0 Å². The van der Waals surface area contributed by atoms with Crippen molar-refractivity contribution in [1.29, 1.82) is 5.26 Å². The third-order valence-corrected chi connectivity index (χ3v) is 1.65. The summed E-state index contributed by atoms with van der Waals surface area (Å²) in [5, 5.41) is 8.26. The van der Waals surface area contributed by atoms with Crippen LogP contribution < -0.4 is 10.5 Å². The summed E-state index contributed by atoms with van der Waals surface area (Å²) in [5.74, 6) is 4.55. The Morgan fingerprint density at radius 1 is 1.35 bits per heavy atom. The number of nitrogens with zero attached hydrogens (tertiary/aromatic N) is 1. The standard InChI is InChI=1S/C11H7F3N2O/c12-11(13,14)17-9-4-5-10(16)8(7-9)3-1-2-6-15/h4-5,7H,2,16H2. The fraction of sp³-hybridized carbons (Fsp3) is 0.182. The summed E-state index contributed by atoms with van der Waals surface area (Å²) in [4.78, 5) is 0. The van der Waals surface area contributed by atoms with Crippen molar-refractivity contribution in [3.8, 4) is 23.7 Å². The minimum absolute atomic E-state index is 0.0240. The highest BCUT2D eigenvalue weighted by atomic mass is 19.4. The lowest BCUT2D eigenvalue weighted by Crippen LogP contribution is -2.17. The number of alkyl halides is 3. The number of halogens is 3. The number of hydrogen-bond acceptors (Lipinski definition) is 3. The highest BCUT2D eigenvalue weighted by Gasteiger charge is 2.31. The molecule has 1 aromatic carbocycles. The van der Waals surface area contributed by atoms with Gasteiger partial charge in [-0.3, -0.25) is 0 Å². The van der Waals surface area contributed by atoms with E-state index in [1.54, 1.807) is 6.07 Å². The molecular weight excluding hydrogens is 233 g/mol. The second-order valence-corrected chi connectivity index (χ2v) is 2.93. The molecule has 0 saturated carbocycles. The Morgan fingerprint density at radius 2 is 2.06 bits per heavy atom. The molecular formula is C11H7F3N2O. The first kappa shape index (κ1) is 12.7. The van der Waals surface area contributed by atoms with Gasteiger partial charge in [-0.1, -0.05) is 11.8 Å². The summed E-state index contributed by atoms with van der Waals surface area (Å²) in [6, 6.07) is 5.22. The second kappa shape index (κ2) is 5.13. The number of nitrogens with two attached hydrogens (primary N) is 1. The Morgan fingerprint density at radius 3 is 2.65 bits per heavy atom. The maximum Gasteiger partial charge on any atom is 0.573 e. The second-order valence-electron chi connectivity index (χ2n) is 2.93. The van der Waals surface area contributed by atoms with E-state index in [1.165, 1.54) is 6.07 Å². The van der Waals surface area contributed by atoms with E-state index >= 15 is 0 Å². The fourth-order valence-corrected chi connectivity index (χ4v) is 1.02. The molecule has 17 heavy (non-hydrogen) atoms. The summed E-state index contributed by atoms with van der Waals surface area (Å²) in [5.41, 5.74) is 5.94. The minimum atomic E-state index is -4.76. The molecule has 0 aliphatic heterocycles. The van der Waals surface area contributed by atoms with Crippen LogP contribution in [0.3, 0.4) is 0 Å². The van der Waals surface area contributed by atoms with Crippen molar-refractivity contribution in [2.75, 3.05) is 5.73 Å². The quantitative estimate of drug-likeness (QED) is 0.605. The number of nitriles is 1. The molecule has 0 heterocycles. The zero-order valence-electron chi connectivity index (χ0n) is 8.51. The van der Waals surface area contributed by atoms with Crippen molar-refractivity contribution in [2.45, 2.75) is 12.8 Å². The molecule has 6 heteroatoms. The van der Waals surface area contributed by atoms with E-state index in [-0.39, 0.29) is 17.7 Å². The molecule has 2 N–H and O–H groups in total. The fourth-order valence-electron chi connectivity index (χ4n) is 1.02. The molecule has 0 aliphatic carbocycles. The van der Waals surface area contributed by atoms with Crippen molar-refractivity contribution in [3.05, 3.63) is 23.8 Å². The Hall–Kier alpha value is -2.34. The summed E-state index contributed by atoms with van der Waals surface area (Å²) in [6.07, 6.45) is -4.78. The summed E-state index contributed by atoms with van der Waals surface area (Å²) in [6.45, 7) is 0. The van der Waals surface area contributed by atoms with E-state index in [0.29, 0.717) is 0 Å². The van der Waals surface area contributed by atoms with Crippen LogP contribution >= 0.6 is 0 Å². The van der Waals surface area contributed by atoms with Crippen LogP contribution in [0.4, 0.5) is 18.9 Å². The normalized spacial score (nSPS) is 10.0. The molecule has 0 aromatic heterocycles. The number of hydrogen-bond donors (Lipinski definition) is 1. The molecule has 0 spiro atoms. The van der Waals surface area contributed by atoms with Gasteiger partial charge in [0.1, 0.15) is 5.75 Å². The van der Waals surface area contributed by atoms with Gasteiger partial charge in [0.2, 0.25) is 0 Å². The van der Waals surface area contributed by atoms with E-state index < -0.39 is 12.1 Å². The van der Waals surface area contributed by atoms with Crippen molar-refractivity contribution >= 4 is 5.69 Å². The zero-order chi connectivity index (χ0) is 12.9. The minimum Gasteiger partial charge on any atom is -0.406 e. The lowest BCUT2D eigenvalue weighted by atomic mass is 10.1. The zero-order valence-corrected chi connectivity index (χ0v) is 8.51. The van der Waals surface area contributed by atoms with Crippen molar-refractivity contribution in [3.63, 3.8) is 0 Å². The van der Waals surface area contributed by atoms with Crippen molar-refractivity contribution in [1.82, 2.24) is 0 Å². The molecule has 0 atom stereocenters. The van der Waals surface area contributed by atoms with Crippen molar-refractivity contribution in [2.24, 2.45) is 0 Å². The van der Waals surface area contributed by atoms with E-state index in [9.17, 15) is 13.2 Å². The molecule has 0 radical (unpaired) electrons. The predicted octanol–water partition coefficient (Wildman–Crippen LogP) is 2.43. The topological polar surface area (TPSA) is 59.0 Å². The number of anilines is 1. The van der Waals surface area contributed by atoms with Crippen LogP contribution in [0, 0.1) is 23.2 Å². The SMILES string of the molecule is N#CCC#Cc1cc(OC(F)(F)F)ccc1N. The third kappa shape index (κ3) is 4.35. The first-order valence-electron chi connectivity index (χ1n) is 4.43. The van der Waals surface area contributed by atoms with Gasteiger partial charge in [0.25, 0.3) is 0 Å². The molecule has 3 nitrogen and oxygen atoms in total. The van der Waals surface area contributed by atoms with Gasteiger partial charge in [-0.05, 0) is 18.2 Å². The highest BCUT2D eigenvalue weighted by molar-refractivity contribution is 5.58. The first-order chi connectivity index (χ1) is 7.92. The van der Waals surface area contributed by atoms with Gasteiger partial charge in [-0.2, -0.15) is 5.26 Å². The Labute approximate surface area is 95.6 Å². The first-order valence-corrected chi connectivity index (χ1v) is 4.43. The number of rotatable bonds is 1. The smallest absolute Gasteiger partial charge is 0.406 e. The van der Waals surface area contributed by atoms with Crippen LogP contribution in [0.15, 0.2) is 18.2 Å². The van der Waals surface area contributed by atoms with Crippen LogP contribution in [0.25, 0.3) is 0 Å². The predicted molar refractivity (Wildman–Crippen MR) is 54.6 cm³/mol. The number of nitrogen functional groups attached to an aromatic ring is 1. The van der Waals surface area contributed by atoms with E-state index in [2.05, 4.69) is 16.6 Å². The molecule has 88 valence electrons. The van der Waals surface area contributed by atoms with Crippen molar-refractivity contribution < 1.29 is 17.9 Å². The van der Waals surface area contributed by atoms with Crippen LogP contribution in [0.2, 0.25) is 0 Å². The lowest BCUT2D eigenvalue weighted by Gasteiger charge is -2.09. The monoisotopic (exact) mass is 240 g/mol. The Balaban J connectivity index is 2.96. The van der Waals surface area contributed by atoms with Gasteiger partial charge in [0, 0.05) is 5.69 Å². The number of benzene rings is 1. The lowest BCUT2D eigenvalue weighted by molar-refractivity contribution is -0.274. The van der Waals surface area contributed by atoms with Gasteiger partial charge in [-0.15, -0.1) is 13.2 Å². The van der Waals surface area contributed by atoms with Crippen LogP contribution in [0.5, 0.6) is 5.75 Å². The van der Waals surface area contributed by atoms with E-state index in [0.717, 1.165) is 12.1 Å². The van der Waals surface area contributed by atoms with E-state index in [4.69, 9.17) is 11.0 Å². The Bertz CT molecular complexity index is 506.